The van der Waals surface area contributed by atoms with Crippen molar-refractivity contribution >= 4 is 39.7 Å². The van der Waals surface area contributed by atoms with Crippen LogP contribution in [0.2, 0.25) is 0 Å². The molecule has 3 aromatic rings. The molecule has 182 valence electrons. The fourth-order valence-corrected chi connectivity index (χ4v) is 6.61. The smallest absolute Gasteiger partial charge is 0.341 e. The van der Waals surface area contributed by atoms with E-state index in [-0.39, 0.29) is 12.1 Å². The number of carbonyl (C=O) groups excluding carboxylic acids is 2. The van der Waals surface area contributed by atoms with Crippen LogP contribution >= 0.6 is 22.7 Å². The number of aryl methyl sites for hydroxylation is 1. The molecule has 0 aromatic carbocycles. The fraction of sp³-hybridized carbons (Fsp3) is 0.440. The number of ether oxygens (including phenoxy) is 1. The molecular formula is C25H32N4O3S2. The molecule has 2 amide bonds. The van der Waals surface area contributed by atoms with Gasteiger partial charge >= 0.3 is 12.0 Å². The summed E-state index contributed by atoms with van der Waals surface area (Å²) in [7, 11) is 0. The maximum Gasteiger partial charge on any atom is 0.341 e. The van der Waals surface area contributed by atoms with Gasteiger partial charge in [0.05, 0.1) is 11.7 Å². The Bertz CT molecular complexity index is 1180. The lowest BCUT2D eigenvalue weighted by atomic mass is 10.0. The van der Waals surface area contributed by atoms with Crippen molar-refractivity contribution in [2.75, 3.05) is 18.4 Å². The van der Waals surface area contributed by atoms with E-state index in [9.17, 15) is 9.59 Å². The number of rotatable bonds is 7. The van der Waals surface area contributed by atoms with Gasteiger partial charge < -0.3 is 14.6 Å². The van der Waals surface area contributed by atoms with Crippen molar-refractivity contribution in [3.8, 4) is 5.00 Å². The summed E-state index contributed by atoms with van der Waals surface area (Å²) in [5.74, 6) is -0.408. The minimum Gasteiger partial charge on any atom is -0.459 e. The van der Waals surface area contributed by atoms with Crippen molar-refractivity contribution in [3.63, 3.8) is 0 Å². The molecule has 0 saturated heterocycles. The highest BCUT2D eigenvalue weighted by Gasteiger charge is 2.26. The third-order valence-electron chi connectivity index (χ3n) is 6.10. The molecule has 2 N–H and O–H groups in total. The summed E-state index contributed by atoms with van der Waals surface area (Å²) in [5.41, 5.74) is 3.79. The largest absolute Gasteiger partial charge is 0.459 e. The van der Waals surface area contributed by atoms with E-state index < -0.39 is 5.97 Å². The SMILES string of the molecule is CCN1CCc2c(sc(-n3cccc3)c2CNC(=O)Nc2sc(C)c(C)c2C(=O)OC(C)C)C1. The van der Waals surface area contributed by atoms with Crippen molar-refractivity contribution in [2.24, 2.45) is 0 Å². The number of urea groups is 1. The van der Waals surface area contributed by atoms with Crippen LogP contribution in [-0.2, 0) is 24.2 Å². The zero-order valence-corrected chi connectivity index (χ0v) is 22.0. The second kappa shape index (κ2) is 10.3. The second-order valence-corrected chi connectivity index (χ2v) is 11.1. The molecule has 4 rings (SSSR count). The van der Waals surface area contributed by atoms with Crippen LogP contribution < -0.4 is 10.6 Å². The van der Waals surface area contributed by atoms with Crippen LogP contribution in [0.1, 0.15) is 57.6 Å². The van der Waals surface area contributed by atoms with Crippen LogP contribution in [0.15, 0.2) is 24.5 Å². The Morgan fingerprint density at radius 1 is 1.18 bits per heavy atom. The Hall–Kier alpha value is -2.62. The van der Waals surface area contributed by atoms with E-state index in [0.29, 0.717) is 17.1 Å². The normalized spacial score (nSPS) is 13.7. The molecule has 0 spiro atoms. The number of nitrogens with one attached hydrogen (secondary N) is 2. The molecule has 0 bridgehead atoms. The first-order valence-corrected chi connectivity index (χ1v) is 13.3. The molecule has 0 aliphatic carbocycles. The number of carbonyl (C=O) groups is 2. The molecule has 1 aliphatic rings. The molecule has 9 heteroatoms. The monoisotopic (exact) mass is 500 g/mol. The zero-order valence-electron chi connectivity index (χ0n) is 20.4. The zero-order chi connectivity index (χ0) is 24.4. The number of likely N-dealkylation sites (N-methyl/N-ethyl adjacent to an activating group) is 1. The lowest BCUT2D eigenvalue weighted by Gasteiger charge is -2.25. The van der Waals surface area contributed by atoms with E-state index in [2.05, 4.69) is 27.0 Å². The molecule has 3 aromatic heterocycles. The summed E-state index contributed by atoms with van der Waals surface area (Å²) in [4.78, 5) is 30.3. The van der Waals surface area contributed by atoms with Gasteiger partial charge in [0.1, 0.15) is 10.0 Å². The lowest BCUT2D eigenvalue weighted by Crippen LogP contribution is -2.31. The van der Waals surface area contributed by atoms with Crippen LogP contribution in [0.5, 0.6) is 0 Å². The van der Waals surface area contributed by atoms with E-state index in [1.54, 1.807) is 11.3 Å². The van der Waals surface area contributed by atoms with Crippen molar-refractivity contribution in [1.29, 1.82) is 0 Å². The number of hydrogen-bond donors (Lipinski definition) is 2. The summed E-state index contributed by atoms with van der Waals surface area (Å²) in [6.07, 6.45) is 4.84. The highest BCUT2D eigenvalue weighted by atomic mass is 32.1. The number of anilines is 1. The summed E-state index contributed by atoms with van der Waals surface area (Å²) in [6, 6.07) is 3.70. The first-order valence-electron chi connectivity index (χ1n) is 11.6. The summed E-state index contributed by atoms with van der Waals surface area (Å²) in [5, 5.41) is 7.60. The second-order valence-electron chi connectivity index (χ2n) is 8.75. The number of thiophene rings is 2. The highest BCUT2D eigenvalue weighted by Crippen LogP contribution is 2.36. The van der Waals surface area contributed by atoms with E-state index in [0.717, 1.165) is 41.5 Å². The van der Waals surface area contributed by atoms with Crippen LogP contribution in [0.4, 0.5) is 9.80 Å². The van der Waals surface area contributed by atoms with Gasteiger partial charge in [-0.15, -0.1) is 22.7 Å². The number of esters is 1. The quantitative estimate of drug-likeness (QED) is 0.421. The summed E-state index contributed by atoms with van der Waals surface area (Å²) >= 11 is 3.20. The summed E-state index contributed by atoms with van der Waals surface area (Å²) < 4.78 is 7.52. The van der Waals surface area contributed by atoms with E-state index in [1.807, 2.05) is 52.2 Å². The predicted octanol–water partition coefficient (Wildman–Crippen LogP) is 5.48. The predicted molar refractivity (Wildman–Crippen MR) is 139 cm³/mol. The molecular weight excluding hydrogens is 468 g/mol. The van der Waals surface area contributed by atoms with Crippen molar-refractivity contribution in [3.05, 3.63) is 56.5 Å². The average Bonchev–Trinajstić information content (AvgIpc) is 3.49. The summed E-state index contributed by atoms with van der Waals surface area (Å²) in [6.45, 7) is 13.1. The maximum atomic E-state index is 12.9. The Morgan fingerprint density at radius 2 is 1.91 bits per heavy atom. The molecule has 0 radical (unpaired) electrons. The third-order valence-corrected chi connectivity index (χ3v) is 8.49. The highest BCUT2D eigenvalue weighted by molar-refractivity contribution is 7.16. The van der Waals surface area contributed by atoms with Crippen molar-refractivity contribution in [1.82, 2.24) is 14.8 Å². The van der Waals surface area contributed by atoms with Crippen LogP contribution in [-0.4, -0.2) is 40.7 Å². The first kappa shape index (κ1) is 24.5. The average molecular weight is 501 g/mol. The van der Waals surface area contributed by atoms with E-state index in [1.165, 1.54) is 27.3 Å². The maximum absolute atomic E-state index is 12.9. The van der Waals surface area contributed by atoms with Crippen LogP contribution in [0.3, 0.4) is 0 Å². The lowest BCUT2D eigenvalue weighted by molar-refractivity contribution is 0.0379. The molecule has 7 nitrogen and oxygen atoms in total. The van der Waals surface area contributed by atoms with Gasteiger partial charge in [-0.2, -0.15) is 0 Å². The molecule has 0 unspecified atom stereocenters. The molecule has 4 heterocycles. The number of amides is 2. The molecule has 34 heavy (non-hydrogen) atoms. The number of hydrogen-bond acceptors (Lipinski definition) is 6. The Labute approximate surface area is 208 Å². The van der Waals surface area contributed by atoms with Crippen LogP contribution in [0.25, 0.3) is 5.00 Å². The molecule has 0 saturated carbocycles. The van der Waals surface area contributed by atoms with E-state index in [4.69, 9.17) is 4.74 Å². The van der Waals surface area contributed by atoms with Gasteiger partial charge in [0.2, 0.25) is 0 Å². The first-order chi connectivity index (χ1) is 16.3. The van der Waals surface area contributed by atoms with Crippen molar-refractivity contribution < 1.29 is 14.3 Å². The third kappa shape index (κ3) is 5.06. The standard InChI is InChI=1S/C25H32N4O3S2/c1-6-28-12-9-18-19(23(34-20(18)14-28)29-10-7-8-11-29)13-26-25(31)27-22-21(16(4)17(5)33-22)24(30)32-15(2)3/h7-8,10-11,15H,6,9,12-14H2,1-5H3,(H2,26,27,31). The van der Waals surface area contributed by atoms with Gasteiger partial charge in [0.15, 0.2) is 0 Å². The number of nitrogens with zero attached hydrogens (tertiary/aromatic N) is 2. The van der Waals surface area contributed by atoms with Gasteiger partial charge in [-0.05, 0) is 63.9 Å². The Morgan fingerprint density at radius 3 is 2.59 bits per heavy atom. The minimum absolute atomic E-state index is 0.228. The van der Waals surface area contributed by atoms with Crippen LogP contribution in [0, 0.1) is 13.8 Å². The van der Waals surface area contributed by atoms with Gasteiger partial charge in [-0.3, -0.25) is 10.2 Å². The molecule has 1 aliphatic heterocycles. The fourth-order valence-electron chi connectivity index (χ4n) is 4.19. The minimum atomic E-state index is -0.408. The van der Waals surface area contributed by atoms with Gasteiger partial charge in [0, 0.05) is 47.3 Å². The Kier molecular flexibility index (Phi) is 7.45. The van der Waals surface area contributed by atoms with Crippen molar-refractivity contribution in [2.45, 2.75) is 60.2 Å². The van der Waals surface area contributed by atoms with E-state index >= 15 is 0 Å². The van der Waals surface area contributed by atoms with Gasteiger partial charge in [0.25, 0.3) is 0 Å². The van der Waals surface area contributed by atoms with Gasteiger partial charge in [-0.1, -0.05) is 6.92 Å². The molecule has 0 fully saturated rings. The number of aromatic nitrogens is 1. The van der Waals surface area contributed by atoms with Gasteiger partial charge in [-0.25, -0.2) is 9.59 Å². The number of fused-ring (bicyclic) bond motifs is 1. The molecule has 0 atom stereocenters. The topological polar surface area (TPSA) is 75.6 Å². The Balaban J connectivity index is 1.53.